The molecular formula is C27H24N6O. The largest absolute Gasteiger partial charge is 0.366 e. The molecule has 0 spiro atoms. The normalized spacial score (nSPS) is 26.4. The lowest BCUT2D eigenvalue weighted by Gasteiger charge is -2.34. The van der Waals surface area contributed by atoms with Crippen molar-refractivity contribution in [1.82, 2.24) is 15.2 Å². The third kappa shape index (κ3) is 5.46. The highest BCUT2D eigenvalue weighted by molar-refractivity contribution is 5.95. The van der Waals surface area contributed by atoms with Crippen molar-refractivity contribution >= 4 is 17.9 Å². The van der Waals surface area contributed by atoms with E-state index in [1.807, 2.05) is 120 Å². The van der Waals surface area contributed by atoms with Gasteiger partial charge in [0.2, 0.25) is 11.7 Å². The molecule has 7 heteroatoms. The fraction of sp³-hybridized carbons (Fsp3) is 0. The van der Waals surface area contributed by atoms with Crippen LogP contribution in [0.25, 0.3) is 12.0 Å². The molecule has 0 aliphatic carbocycles. The fourth-order valence-electron chi connectivity index (χ4n) is 3.23. The number of carbonyl (C=O) groups excluding carboxylic acids is 1. The van der Waals surface area contributed by atoms with Crippen LogP contribution in [0.1, 0.15) is 0 Å². The summed E-state index contributed by atoms with van der Waals surface area (Å²) >= 11 is 0. The first kappa shape index (κ1) is 22.3. The van der Waals surface area contributed by atoms with Gasteiger partial charge in [0.05, 0.1) is 6.20 Å². The Kier molecular flexibility index (Phi) is 7.28. The van der Waals surface area contributed by atoms with Crippen LogP contribution in [-0.2, 0) is 4.79 Å². The highest BCUT2D eigenvalue weighted by Crippen LogP contribution is 2.25. The van der Waals surface area contributed by atoms with Gasteiger partial charge in [-0.3, -0.25) is 4.79 Å². The molecule has 0 aromatic heterocycles. The Labute approximate surface area is 198 Å². The van der Waals surface area contributed by atoms with Gasteiger partial charge in [0.15, 0.2) is 0 Å². The number of amides is 1. The van der Waals surface area contributed by atoms with Crippen molar-refractivity contribution in [2.75, 3.05) is 0 Å². The topological polar surface area (TPSA) is 77.5 Å². The summed E-state index contributed by atoms with van der Waals surface area (Å²) in [7, 11) is 0. The molecule has 3 aliphatic heterocycles. The number of nitrogens with two attached hydrogens (primary N) is 1. The van der Waals surface area contributed by atoms with Gasteiger partial charge in [0.25, 0.3) is 0 Å². The first-order valence-electron chi connectivity index (χ1n) is 10.7. The maximum absolute atomic E-state index is 11.9. The highest BCUT2D eigenvalue weighted by Gasteiger charge is 2.28. The first-order valence-corrected chi connectivity index (χ1v) is 10.7. The van der Waals surface area contributed by atoms with Crippen LogP contribution in [0, 0.1) is 0 Å². The molecular weight excluding hydrogens is 424 g/mol. The Morgan fingerprint density at radius 3 is 2.12 bits per heavy atom. The van der Waals surface area contributed by atoms with Gasteiger partial charge in [0, 0.05) is 28.4 Å². The van der Waals surface area contributed by atoms with Gasteiger partial charge in [-0.15, -0.1) is 15.4 Å². The molecule has 4 rings (SSSR count). The third-order valence-corrected chi connectivity index (χ3v) is 4.82. The number of primary amides is 1. The number of hydrogen-bond donors (Lipinski definition) is 1. The van der Waals surface area contributed by atoms with Crippen molar-refractivity contribution in [3.63, 3.8) is 0 Å². The van der Waals surface area contributed by atoms with Gasteiger partial charge in [-0.2, -0.15) is 0 Å². The van der Waals surface area contributed by atoms with E-state index in [1.165, 1.54) is 0 Å². The van der Waals surface area contributed by atoms with Gasteiger partial charge >= 0.3 is 0 Å². The number of fused-ring (bicyclic) bond motifs is 1. The van der Waals surface area contributed by atoms with E-state index in [-0.39, 0.29) is 0 Å². The Bertz CT molecular complexity index is 1350. The van der Waals surface area contributed by atoms with E-state index in [4.69, 9.17) is 5.73 Å². The number of hydrogen-bond acceptors (Lipinski definition) is 6. The molecule has 34 heavy (non-hydrogen) atoms. The molecule has 0 saturated heterocycles. The van der Waals surface area contributed by atoms with E-state index < -0.39 is 5.91 Å². The summed E-state index contributed by atoms with van der Waals surface area (Å²) in [6.45, 7) is 0. The number of allylic oxidation sites excluding steroid dienone is 14. The summed E-state index contributed by atoms with van der Waals surface area (Å²) in [5.41, 5.74) is 5.92. The Morgan fingerprint density at radius 1 is 0.765 bits per heavy atom. The van der Waals surface area contributed by atoms with Gasteiger partial charge in [-0.25, -0.2) is 5.01 Å². The van der Waals surface area contributed by atoms with E-state index >= 15 is 0 Å². The van der Waals surface area contributed by atoms with Crippen LogP contribution in [0.2, 0.25) is 0 Å². The van der Waals surface area contributed by atoms with E-state index in [9.17, 15) is 4.79 Å². The minimum absolute atomic E-state index is 0.375. The van der Waals surface area contributed by atoms with Crippen LogP contribution in [-0.4, -0.2) is 21.2 Å². The van der Waals surface area contributed by atoms with Gasteiger partial charge in [-0.05, 0) is 29.5 Å². The van der Waals surface area contributed by atoms with Crippen molar-refractivity contribution in [3.8, 4) is 0 Å². The molecule has 3 aliphatic rings. The number of nitrogens with zero attached hydrogens (tertiary/aromatic N) is 5. The van der Waals surface area contributed by atoms with Crippen molar-refractivity contribution in [2.24, 2.45) is 16.1 Å². The molecule has 1 aromatic rings. The second kappa shape index (κ2) is 11.1. The van der Waals surface area contributed by atoms with E-state index in [0.29, 0.717) is 11.4 Å². The first-order chi connectivity index (χ1) is 16.7. The van der Waals surface area contributed by atoms with Crippen LogP contribution in [0.4, 0.5) is 0 Å². The van der Waals surface area contributed by atoms with Crippen LogP contribution in [0.3, 0.4) is 0 Å². The molecule has 3 heterocycles. The van der Waals surface area contributed by atoms with Crippen LogP contribution in [0.15, 0.2) is 144 Å². The Morgan fingerprint density at radius 2 is 1.41 bits per heavy atom. The van der Waals surface area contributed by atoms with Gasteiger partial charge in [-0.1, -0.05) is 91.1 Å². The Balaban J connectivity index is 1.73. The monoisotopic (exact) mass is 448 g/mol. The van der Waals surface area contributed by atoms with Crippen molar-refractivity contribution in [1.29, 1.82) is 0 Å². The van der Waals surface area contributed by atoms with Crippen LogP contribution in [0.5, 0.6) is 0 Å². The minimum Gasteiger partial charge on any atom is -0.366 e. The summed E-state index contributed by atoms with van der Waals surface area (Å²) in [4.78, 5) is 11.9. The molecule has 7 nitrogen and oxygen atoms in total. The molecule has 0 fully saturated rings. The zero-order chi connectivity index (χ0) is 23.6. The maximum atomic E-state index is 11.9. The molecule has 2 N–H and O–H groups in total. The van der Waals surface area contributed by atoms with Gasteiger partial charge < -0.3 is 5.73 Å². The molecule has 0 saturated carbocycles. The third-order valence-electron chi connectivity index (χ3n) is 4.82. The molecule has 0 unspecified atom stereocenters. The van der Waals surface area contributed by atoms with Gasteiger partial charge in [0.1, 0.15) is 0 Å². The second-order valence-electron chi connectivity index (χ2n) is 7.17. The molecule has 1 aromatic carbocycles. The van der Waals surface area contributed by atoms with Crippen LogP contribution >= 0.6 is 0 Å². The average molecular weight is 449 g/mol. The second-order valence-corrected chi connectivity index (χ2v) is 7.17. The molecule has 0 atom stereocenters. The van der Waals surface area contributed by atoms with Crippen molar-refractivity contribution in [3.05, 3.63) is 144 Å². The SMILES string of the molecule is NC(=O)C1=C/C=C/N2C=c3ccccc3=C3N=NN(\C=C\C=C\C=C\C=C\C=C/C=C\C=C\1)N32. The molecule has 0 radical (unpaired) electrons. The lowest BCUT2D eigenvalue weighted by molar-refractivity contribution is -0.114. The van der Waals surface area contributed by atoms with E-state index in [2.05, 4.69) is 10.3 Å². The smallest absolute Gasteiger partial charge is 0.248 e. The number of hydrazine groups is 2. The molecule has 0 bridgehead atoms. The van der Waals surface area contributed by atoms with E-state index in [0.717, 1.165) is 10.4 Å². The summed E-state index contributed by atoms with van der Waals surface area (Å²) in [6, 6.07) is 7.96. The maximum Gasteiger partial charge on any atom is 0.248 e. The minimum atomic E-state index is -0.513. The fourth-order valence-corrected chi connectivity index (χ4v) is 3.23. The Hall–Kier alpha value is -4.91. The number of benzene rings is 1. The standard InChI is InChI=1S/C27H24N6O/c28-26(34)23-16-11-9-7-5-3-1-2-4-6-8-10-14-21-32-30-29-27-25-19-13-12-17-24(25)22-31(33(27)32)20-15-18-23/h1-22H,(H2,28,34)/b2-1+,5-3-,6-4+,9-7-,10-8+,16-11+,20-15+,21-14+,23-18+. The zero-order valence-corrected chi connectivity index (χ0v) is 18.4. The number of rotatable bonds is 1. The predicted molar refractivity (Wildman–Crippen MR) is 134 cm³/mol. The molecule has 168 valence electrons. The number of carbonyl (C=O) groups is 1. The summed E-state index contributed by atoms with van der Waals surface area (Å²) < 4.78 is 0. The highest BCUT2D eigenvalue weighted by atomic mass is 16.1. The summed E-state index contributed by atoms with van der Waals surface area (Å²) in [5, 5.41) is 16.0. The quantitative estimate of drug-likeness (QED) is 0.714. The zero-order valence-electron chi connectivity index (χ0n) is 18.4. The average Bonchev–Trinajstić information content (AvgIpc) is 3.27. The van der Waals surface area contributed by atoms with Crippen molar-refractivity contribution in [2.45, 2.75) is 0 Å². The van der Waals surface area contributed by atoms with E-state index in [1.54, 1.807) is 29.4 Å². The summed E-state index contributed by atoms with van der Waals surface area (Å²) in [5.74, 6) is 0.178. The lowest BCUT2D eigenvalue weighted by atomic mass is 10.2. The summed E-state index contributed by atoms with van der Waals surface area (Å²) in [6.07, 6.45) is 33.4. The predicted octanol–water partition coefficient (Wildman–Crippen LogP) is 3.41. The van der Waals surface area contributed by atoms with Crippen molar-refractivity contribution < 1.29 is 4.79 Å². The lowest BCUT2D eigenvalue weighted by Crippen LogP contribution is -2.48. The van der Waals surface area contributed by atoms with Crippen LogP contribution < -0.4 is 16.2 Å². The molecule has 1 amide bonds.